The SMILES string of the molecule is NS(=O)(=O)c1ccc(F)cc1NC(=O)c1ccc[nH]1. The van der Waals surface area contributed by atoms with E-state index in [-0.39, 0.29) is 16.3 Å². The van der Waals surface area contributed by atoms with Crippen LogP contribution in [0.3, 0.4) is 0 Å². The number of aromatic amines is 1. The van der Waals surface area contributed by atoms with Gasteiger partial charge in [-0.05, 0) is 30.3 Å². The Balaban J connectivity index is 2.39. The van der Waals surface area contributed by atoms with Crippen molar-refractivity contribution in [3.05, 3.63) is 48.0 Å². The van der Waals surface area contributed by atoms with Crippen molar-refractivity contribution in [2.24, 2.45) is 5.14 Å². The number of sulfonamides is 1. The van der Waals surface area contributed by atoms with E-state index >= 15 is 0 Å². The standard InChI is InChI=1S/C11H10FN3O3S/c12-7-3-4-10(19(13,17)18)9(6-7)15-11(16)8-2-1-5-14-8/h1-6,14H,(H,15,16)(H2,13,17,18). The first kappa shape index (κ1) is 13.2. The molecule has 2 aromatic rings. The number of rotatable bonds is 3. The number of nitrogens with one attached hydrogen (secondary N) is 2. The lowest BCUT2D eigenvalue weighted by Crippen LogP contribution is -2.18. The summed E-state index contributed by atoms with van der Waals surface area (Å²) in [5.74, 6) is -1.28. The van der Waals surface area contributed by atoms with E-state index in [0.29, 0.717) is 0 Å². The zero-order chi connectivity index (χ0) is 14.0. The number of aromatic nitrogens is 1. The maximum atomic E-state index is 13.1. The van der Waals surface area contributed by atoms with Gasteiger partial charge in [-0.2, -0.15) is 0 Å². The molecule has 0 saturated carbocycles. The first-order valence-corrected chi connectivity index (χ1v) is 6.69. The average molecular weight is 283 g/mol. The minimum atomic E-state index is -4.06. The number of anilines is 1. The molecular formula is C11H10FN3O3S. The van der Waals surface area contributed by atoms with E-state index in [1.807, 2.05) is 0 Å². The molecule has 0 bridgehead atoms. The molecule has 2 rings (SSSR count). The third-order valence-electron chi connectivity index (χ3n) is 2.34. The average Bonchev–Trinajstić information content (AvgIpc) is 2.80. The van der Waals surface area contributed by atoms with Gasteiger partial charge in [0.25, 0.3) is 5.91 Å². The minimum Gasteiger partial charge on any atom is -0.357 e. The molecule has 1 aromatic carbocycles. The van der Waals surface area contributed by atoms with Crippen LogP contribution in [0.1, 0.15) is 10.5 Å². The fourth-order valence-corrected chi connectivity index (χ4v) is 2.18. The lowest BCUT2D eigenvalue weighted by atomic mass is 10.3. The maximum absolute atomic E-state index is 13.1. The molecule has 0 radical (unpaired) electrons. The second kappa shape index (κ2) is 4.82. The van der Waals surface area contributed by atoms with Crippen molar-refractivity contribution < 1.29 is 17.6 Å². The summed E-state index contributed by atoms with van der Waals surface area (Å²) in [6, 6.07) is 5.92. The number of hydrogen-bond donors (Lipinski definition) is 3. The number of hydrogen-bond acceptors (Lipinski definition) is 3. The fourth-order valence-electron chi connectivity index (χ4n) is 1.51. The second-order valence-electron chi connectivity index (χ2n) is 3.72. The molecule has 1 amide bonds. The molecule has 1 heterocycles. The first-order valence-electron chi connectivity index (χ1n) is 5.15. The first-order chi connectivity index (χ1) is 8.88. The van der Waals surface area contributed by atoms with Crippen molar-refractivity contribution in [3.8, 4) is 0 Å². The third kappa shape index (κ3) is 2.98. The van der Waals surface area contributed by atoms with Crippen molar-refractivity contribution in [3.63, 3.8) is 0 Å². The van der Waals surface area contributed by atoms with Crippen molar-refractivity contribution in [2.45, 2.75) is 4.90 Å². The Morgan fingerprint density at radius 1 is 1.32 bits per heavy atom. The smallest absolute Gasteiger partial charge is 0.272 e. The van der Waals surface area contributed by atoms with E-state index in [0.717, 1.165) is 18.2 Å². The number of nitrogens with two attached hydrogens (primary N) is 1. The summed E-state index contributed by atoms with van der Waals surface area (Å²) in [6.07, 6.45) is 1.53. The molecule has 0 spiro atoms. The molecule has 0 atom stereocenters. The highest BCUT2D eigenvalue weighted by Crippen LogP contribution is 2.21. The van der Waals surface area contributed by atoms with Crippen LogP contribution >= 0.6 is 0 Å². The molecule has 8 heteroatoms. The molecule has 0 unspecified atom stereocenters. The molecule has 0 aliphatic heterocycles. The van der Waals surface area contributed by atoms with Crippen LogP contribution in [0.4, 0.5) is 10.1 Å². The van der Waals surface area contributed by atoms with Gasteiger partial charge < -0.3 is 10.3 Å². The highest BCUT2D eigenvalue weighted by molar-refractivity contribution is 7.89. The molecule has 100 valence electrons. The minimum absolute atomic E-state index is 0.206. The largest absolute Gasteiger partial charge is 0.357 e. The Bertz CT molecular complexity index is 711. The van der Waals surface area contributed by atoms with Crippen LogP contribution < -0.4 is 10.5 Å². The highest BCUT2D eigenvalue weighted by Gasteiger charge is 2.17. The lowest BCUT2D eigenvalue weighted by molar-refractivity contribution is 0.102. The van der Waals surface area contributed by atoms with Gasteiger partial charge in [-0.3, -0.25) is 4.79 Å². The molecule has 0 fully saturated rings. The Kier molecular flexibility index (Phi) is 3.36. The summed E-state index contributed by atoms with van der Waals surface area (Å²) in [4.78, 5) is 14.1. The summed E-state index contributed by atoms with van der Waals surface area (Å²) in [5.41, 5.74) is 0.00623. The topological polar surface area (TPSA) is 105 Å². The number of primary sulfonamides is 1. The second-order valence-corrected chi connectivity index (χ2v) is 5.25. The Hall–Kier alpha value is -2.19. The summed E-state index contributed by atoms with van der Waals surface area (Å²) >= 11 is 0. The van der Waals surface area contributed by atoms with E-state index in [1.165, 1.54) is 12.3 Å². The quantitative estimate of drug-likeness (QED) is 0.784. The van der Waals surface area contributed by atoms with E-state index in [4.69, 9.17) is 5.14 Å². The van der Waals surface area contributed by atoms with Crippen molar-refractivity contribution >= 4 is 21.6 Å². The molecule has 6 nitrogen and oxygen atoms in total. The Morgan fingerprint density at radius 2 is 2.05 bits per heavy atom. The zero-order valence-electron chi connectivity index (χ0n) is 9.55. The third-order valence-corrected chi connectivity index (χ3v) is 3.31. The molecule has 0 aliphatic carbocycles. The molecule has 4 N–H and O–H groups in total. The van der Waals surface area contributed by atoms with Gasteiger partial charge in [0.15, 0.2) is 0 Å². The van der Waals surface area contributed by atoms with Crippen LogP contribution in [-0.4, -0.2) is 19.3 Å². The summed E-state index contributed by atoms with van der Waals surface area (Å²) in [7, 11) is -4.06. The molecule has 0 saturated heterocycles. The number of benzene rings is 1. The Labute approximate surface area is 108 Å². The van der Waals surface area contributed by atoms with E-state index in [2.05, 4.69) is 10.3 Å². The monoisotopic (exact) mass is 283 g/mol. The summed E-state index contributed by atoms with van der Waals surface area (Å²) in [6.45, 7) is 0. The highest BCUT2D eigenvalue weighted by atomic mass is 32.2. The van der Waals surface area contributed by atoms with E-state index in [9.17, 15) is 17.6 Å². The van der Waals surface area contributed by atoms with Crippen LogP contribution in [0.25, 0.3) is 0 Å². The van der Waals surface area contributed by atoms with Crippen LogP contribution in [0.5, 0.6) is 0 Å². The van der Waals surface area contributed by atoms with Gasteiger partial charge in [0.05, 0.1) is 5.69 Å². The zero-order valence-corrected chi connectivity index (χ0v) is 10.4. The van der Waals surface area contributed by atoms with Crippen molar-refractivity contribution in [1.82, 2.24) is 4.98 Å². The fraction of sp³-hybridized carbons (Fsp3) is 0. The number of carbonyl (C=O) groups excluding carboxylic acids is 1. The van der Waals surface area contributed by atoms with Crippen LogP contribution in [0, 0.1) is 5.82 Å². The number of H-pyrrole nitrogens is 1. The number of halogens is 1. The van der Waals surface area contributed by atoms with Gasteiger partial charge in [-0.15, -0.1) is 0 Å². The normalized spacial score (nSPS) is 11.3. The molecular weight excluding hydrogens is 273 g/mol. The van der Waals surface area contributed by atoms with Gasteiger partial charge in [0.1, 0.15) is 16.4 Å². The summed E-state index contributed by atoms with van der Waals surface area (Å²) in [5, 5.41) is 7.28. The van der Waals surface area contributed by atoms with Gasteiger partial charge in [0.2, 0.25) is 10.0 Å². The van der Waals surface area contributed by atoms with E-state index in [1.54, 1.807) is 6.07 Å². The van der Waals surface area contributed by atoms with Crippen LogP contribution in [0.2, 0.25) is 0 Å². The Morgan fingerprint density at radius 3 is 2.63 bits per heavy atom. The number of amides is 1. The van der Waals surface area contributed by atoms with Crippen LogP contribution in [-0.2, 0) is 10.0 Å². The van der Waals surface area contributed by atoms with Crippen LogP contribution in [0.15, 0.2) is 41.4 Å². The maximum Gasteiger partial charge on any atom is 0.272 e. The van der Waals surface area contributed by atoms with Crippen molar-refractivity contribution in [1.29, 1.82) is 0 Å². The predicted octanol–water partition coefficient (Wildman–Crippen LogP) is 1.05. The van der Waals surface area contributed by atoms with E-state index < -0.39 is 21.7 Å². The van der Waals surface area contributed by atoms with Gasteiger partial charge in [-0.25, -0.2) is 17.9 Å². The van der Waals surface area contributed by atoms with Crippen molar-refractivity contribution in [2.75, 3.05) is 5.32 Å². The van der Waals surface area contributed by atoms with Gasteiger partial charge in [0, 0.05) is 6.20 Å². The summed E-state index contributed by atoms with van der Waals surface area (Å²) < 4.78 is 35.8. The number of carbonyl (C=O) groups is 1. The lowest BCUT2D eigenvalue weighted by Gasteiger charge is -2.09. The van der Waals surface area contributed by atoms with Gasteiger partial charge in [-0.1, -0.05) is 0 Å². The predicted molar refractivity (Wildman–Crippen MR) is 66.5 cm³/mol. The van der Waals surface area contributed by atoms with Gasteiger partial charge >= 0.3 is 0 Å². The molecule has 1 aromatic heterocycles. The molecule has 0 aliphatic rings. The molecule has 19 heavy (non-hydrogen) atoms.